The van der Waals surface area contributed by atoms with Crippen LogP contribution in [0.15, 0.2) is 95.8 Å². The Bertz CT molecular complexity index is 2350. The monoisotopic (exact) mass is 852 g/mol. The number of aromatic nitrogens is 1. The highest BCUT2D eigenvalue weighted by Crippen LogP contribution is 2.33. The van der Waals surface area contributed by atoms with Crippen molar-refractivity contribution in [3.8, 4) is 22.6 Å². The summed E-state index contributed by atoms with van der Waals surface area (Å²) in [4.78, 5) is 56.8. The molecule has 5 aromatic rings. The summed E-state index contributed by atoms with van der Waals surface area (Å²) in [5.74, 6) is 0.235. The molecule has 1 unspecified atom stereocenters. The molecule has 1 fully saturated rings. The van der Waals surface area contributed by atoms with E-state index in [2.05, 4.69) is 25.8 Å². The Morgan fingerprint density at radius 2 is 1.69 bits per heavy atom. The third kappa shape index (κ3) is 12.3. The molecule has 1 aliphatic heterocycles. The molecule has 1 saturated heterocycles. The molecular weight excluding hydrogens is 800 g/mol. The van der Waals surface area contributed by atoms with Crippen LogP contribution in [0.1, 0.15) is 55.8 Å². The molecule has 15 heteroatoms. The van der Waals surface area contributed by atoms with Gasteiger partial charge in [-0.05, 0) is 61.1 Å². The van der Waals surface area contributed by atoms with Crippen molar-refractivity contribution in [2.45, 2.75) is 57.3 Å². The minimum atomic E-state index is -0.944. The Hall–Kier alpha value is -5.93. The largest absolute Gasteiger partial charge is 0.506 e. The molecule has 0 radical (unpaired) electrons. The van der Waals surface area contributed by atoms with Crippen molar-refractivity contribution in [1.29, 1.82) is 0 Å². The van der Waals surface area contributed by atoms with E-state index in [1.54, 1.807) is 36.2 Å². The van der Waals surface area contributed by atoms with Crippen molar-refractivity contribution in [2.24, 2.45) is 0 Å². The Labute approximate surface area is 359 Å². The summed E-state index contributed by atoms with van der Waals surface area (Å²) >= 11 is 6.56. The van der Waals surface area contributed by atoms with Gasteiger partial charge in [-0.2, -0.15) is 0 Å². The number of carbonyl (C=O) groups excluding carboxylic acids is 3. The van der Waals surface area contributed by atoms with Crippen molar-refractivity contribution in [2.75, 3.05) is 57.5 Å². The standard InChI is InChI=1S/C46H53ClN6O8/c1-52(44(58)21-25-53-23-19-32(20-24-53)61-46(59)50-37-13-7-6-12-33(37)30-10-4-3-5-11-30)22-9-8-14-42(56)49-38-27-41(60-2)31(26-36(38)47)28-48-29-40(55)34-15-17-39(54)45-35(34)16-18-43(57)51-45/h3-7,10-13,15-18,26-27,32,40,48,54-55H,8-9,14,19-25,28-29H2,1-2H3,(H,49,56)(H,50,59)(H,51,57). The topological polar surface area (TPSA) is 186 Å². The fourth-order valence-electron chi connectivity index (χ4n) is 7.44. The Kier molecular flexibility index (Phi) is 15.8. The number of carbonyl (C=O) groups is 3. The molecule has 1 aromatic heterocycles. The van der Waals surface area contributed by atoms with Crippen molar-refractivity contribution < 1.29 is 34.1 Å². The molecule has 61 heavy (non-hydrogen) atoms. The van der Waals surface area contributed by atoms with Crippen LogP contribution in [0.5, 0.6) is 11.5 Å². The number of ether oxygens (including phenoxy) is 2. The van der Waals surface area contributed by atoms with Gasteiger partial charge < -0.3 is 45.1 Å². The van der Waals surface area contributed by atoms with Crippen molar-refractivity contribution >= 4 is 51.8 Å². The fraction of sp³-hybridized carbons (Fsp3) is 0.348. The second-order valence-corrected chi connectivity index (χ2v) is 15.5. The number of unbranched alkanes of at least 4 members (excludes halogenated alkanes) is 1. The van der Waals surface area contributed by atoms with E-state index < -0.39 is 12.2 Å². The third-order valence-electron chi connectivity index (χ3n) is 10.8. The van der Waals surface area contributed by atoms with E-state index in [4.69, 9.17) is 21.1 Å². The minimum absolute atomic E-state index is 0.0358. The quantitative estimate of drug-likeness (QED) is 0.0499. The van der Waals surface area contributed by atoms with Gasteiger partial charge in [-0.15, -0.1) is 0 Å². The van der Waals surface area contributed by atoms with Gasteiger partial charge in [-0.1, -0.05) is 66.2 Å². The molecule has 0 aliphatic carbocycles. The summed E-state index contributed by atoms with van der Waals surface area (Å²) in [6.07, 6.45) is 1.63. The first-order chi connectivity index (χ1) is 29.5. The zero-order valence-corrected chi connectivity index (χ0v) is 35.2. The van der Waals surface area contributed by atoms with Crippen LogP contribution in [0, 0.1) is 0 Å². The van der Waals surface area contributed by atoms with Crippen LogP contribution in [0.25, 0.3) is 22.0 Å². The van der Waals surface area contributed by atoms with E-state index in [0.29, 0.717) is 90.4 Å². The van der Waals surface area contributed by atoms with Gasteiger partial charge >= 0.3 is 6.09 Å². The van der Waals surface area contributed by atoms with E-state index in [0.717, 1.165) is 24.2 Å². The number of pyridine rings is 1. The first-order valence-electron chi connectivity index (χ1n) is 20.5. The third-order valence-corrected chi connectivity index (χ3v) is 11.1. The van der Waals surface area contributed by atoms with E-state index >= 15 is 0 Å². The summed E-state index contributed by atoms with van der Waals surface area (Å²) in [6.45, 7) is 3.07. The number of phenols is 1. The van der Waals surface area contributed by atoms with Crippen LogP contribution in [-0.2, 0) is 20.9 Å². The van der Waals surface area contributed by atoms with E-state index in [-0.39, 0.29) is 47.7 Å². The second-order valence-electron chi connectivity index (χ2n) is 15.1. The normalized spacial score (nSPS) is 13.7. The number of amides is 3. The van der Waals surface area contributed by atoms with Gasteiger partial charge in [0.05, 0.1) is 35.1 Å². The minimum Gasteiger partial charge on any atom is -0.506 e. The number of halogens is 1. The van der Waals surface area contributed by atoms with Crippen LogP contribution in [-0.4, -0.2) is 95.9 Å². The number of piperidine rings is 1. The van der Waals surface area contributed by atoms with E-state index in [1.807, 2.05) is 54.6 Å². The van der Waals surface area contributed by atoms with Gasteiger partial charge in [-0.25, -0.2) is 4.79 Å². The number of fused-ring (bicyclic) bond motifs is 1. The summed E-state index contributed by atoms with van der Waals surface area (Å²) in [7, 11) is 3.29. The number of hydrogen-bond acceptors (Lipinski definition) is 10. The maximum Gasteiger partial charge on any atom is 0.411 e. The average Bonchev–Trinajstić information content (AvgIpc) is 3.26. The van der Waals surface area contributed by atoms with Crippen molar-refractivity contribution in [3.05, 3.63) is 117 Å². The number of aliphatic hydroxyl groups is 1. The number of aromatic hydroxyl groups is 1. The molecule has 6 rings (SSSR count). The predicted octanol–water partition coefficient (Wildman–Crippen LogP) is 7.06. The highest BCUT2D eigenvalue weighted by molar-refractivity contribution is 6.33. The molecule has 0 bridgehead atoms. The smallest absolute Gasteiger partial charge is 0.411 e. The highest BCUT2D eigenvalue weighted by atomic mass is 35.5. The number of H-pyrrole nitrogens is 1. The lowest BCUT2D eigenvalue weighted by atomic mass is 10.0. The highest BCUT2D eigenvalue weighted by Gasteiger charge is 2.24. The number of para-hydroxylation sites is 1. The van der Waals surface area contributed by atoms with Gasteiger partial charge in [0.25, 0.3) is 0 Å². The molecule has 1 atom stereocenters. The van der Waals surface area contributed by atoms with Crippen LogP contribution >= 0.6 is 11.6 Å². The second kappa shape index (κ2) is 21.5. The van der Waals surface area contributed by atoms with Crippen LogP contribution in [0.4, 0.5) is 16.2 Å². The number of rotatable bonds is 18. The van der Waals surface area contributed by atoms with Gasteiger partial charge in [-0.3, -0.25) is 19.7 Å². The number of phenolic OH excluding ortho intramolecular Hbond substituents is 1. The first kappa shape index (κ1) is 44.6. The Morgan fingerprint density at radius 3 is 2.46 bits per heavy atom. The van der Waals surface area contributed by atoms with Crippen LogP contribution in [0.2, 0.25) is 5.02 Å². The zero-order valence-electron chi connectivity index (χ0n) is 34.4. The molecule has 2 heterocycles. The number of aromatic amines is 1. The first-order valence-corrected chi connectivity index (χ1v) is 20.8. The molecule has 6 N–H and O–H groups in total. The van der Waals surface area contributed by atoms with Gasteiger partial charge in [0, 0.05) is 87.8 Å². The summed E-state index contributed by atoms with van der Waals surface area (Å²) in [5, 5.41) is 30.9. The maximum atomic E-state index is 12.9. The number of likely N-dealkylation sites (tertiary alicyclic amines) is 1. The maximum absolute atomic E-state index is 12.9. The lowest BCUT2D eigenvalue weighted by Gasteiger charge is -2.31. The predicted molar refractivity (Wildman–Crippen MR) is 237 cm³/mol. The molecule has 0 saturated carbocycles. The molecule has 1 aliphatic rings. The fourth-order valence-corrected chi connectivity index (χ4v) is 7.67. The summed E-state index contributed by atoms with van der Waals surface area (Å²) in [6, 6.07) is 26.8. The lowest BCUT2D eigenvalue weighted by Crippen LogP contribution is -2.40. The molecular formula is C46H53ClN6O8. The van der Waals surface area contributed by atoms with Crippen LogP contribution < -0.4 is 26.2 Å². The Balaban J connectivity index is 0.859. The van der Waals surface area contributed by atoms with Gasteiger partial charge in [0.1, 0.15) is 17.6 Å². The van der Waals surface area contributed by atoms with Gasteiger partial charge in [0.15, 0.2) is 0 Å². The Morgan fingerprint density at radius 1 is 0.934 bits per heavy atom. The van der Waals surface area contributed by atoms with Crippen molar-refractivity contribution in [3.63, 3.8) is 0 Å². The number of aliphatic hydroxyl groups excluding tert-OH is 1. The number of methoxy groups -OCH3 is 1. The van der Waals surface area contributed by atoms with Crippen LogP contribution in [0.3, 0.4) is 0 Å². The van der Waals surface area contributed by atoms with Gasteiger partial charge in [0.2, 0.25) is 17.4 Å². The summed E-state index contributed by atoms with van der Waals surface area (Å²) in [5.41, 5.74) is 4.19. The summed E-state index contributed by atoms with van der Waals surface area (Å²) < 4.78 is 11.3. The number of anilines is 2. The number of hydrogen-bond donors (Lipinski definition) is 6. The average molecular weight is 853 g/mol. The lowest BCUT2D eigenvalue weighted by molar-refractivity contribution is -0.130. The number of benzene rings is 4. The van der Waals surface area contributed by atoms with E-state index in [1.165, 1.54) is 19.2 Å². The van der Waals surface area contributed by atoms with E-state index in [9.17, 15) is 29.4 Å². The molecule has 0 spiro atoms. The van der Waals surface area contributed by atoms with Crippen molar-refractivity contribution in [1.82, 2.24) is 20.1 Å². The zero-order chi connectivity index (χ0) is 43.3. The molecule has 4 aromatic carbocycles. The number of nitrogens with one attached hydrogen (secondary N) is 4. The molecule has 3 amide bonds. The molecule has 322 valence electrons. The number of nitrogens with zero attached hydrogens (tertiary/aromatic N) is 2. The molecule has 14 nitrogen and oxygen atoms in total. The SMILES string of the molecule is COc1cc(NC(=O)CCCCN(C)C(=O)CCN2CCC(OC(=O)Nc3ccccc3-c3ccccc3)CC2)c(Cl)cc1CNCC(O)c1ccc(O)c2[nH]c(=O)ccc12.